The smallest absolute Gasteiger partial charge is 0.353 e. The van der Waals surface area contributed by atoms with Crippen molar-refractivity contribution < 1.29 is 14.3 Å². The molecule has 0 atom stereocenters. The Morgan fingerprint density at radius 2 is 1.84 bits per heavy atom. The van der Waals surface area contributed by atoms with Gasteiger partial charge in [0.05, 0.1) is 7.11 Å². The molecule has 1 aromatic carbocycles. The van der Waals surface area contributed by atoms with Crippen LogP contribution in [0.3, 0.4) is 0 Å². The fourth-order valence-electron chi connectivity index (χ4n) is 1.77. The van der Waals surface area contributed by atoms with Gasteiger partial charge in [0.2, 0.25) is 0 Å². The van der Waals surface area contributed by atoms with E-state index >= 15 is 0 Å². The van der Waals surface area contributed by atoms with E-state index in [-0.39, 0.29) is 5.97 Å². The highest BCUT2D eigenvalue weighted by molar-refractivity contribution is 7.14. The summed E-state index contributed by atoms with van der Waals surface area (Å²) in [5, 5.41) is 0. The van der Waals surface area contributed by atoms with E-state index in [0.717, 1.165) is 17.7 Å². The molecular formula is C15H16O3S. The minimum absolute atomic E-state index is 0.307. The highest BCUT2D eigenvalue weighted by Crippen LogP contribution is 2.24. The SMILES string of the molecule is CCc1sc(C(=O)Oc2ccc(OC)cc2)cc1C. The second kappa shape index (κ2) is 5.89. The Morgan fingerprint density at radius 3 is 2.37 bits per heavy atom. The summed E-state index contributed by atoms with van der Waals surface area (Å²) in [4.78, 5) is 13.9. The third-order valence-electron chi connectivity index (χ3n) is 2.81. The van der Waals surface area contributed by atoms with E-state index in [1.165, 1.54) is 16.2 Å². The van der Waals surface area contributed by atoms with Crippen molar-refractivity contribution in [3.05, 3.63) is 45.6 Å². The number of rotatable bonds is 4. The largest absolute Gasteiger partial charge is 0.497 e. The molecule has 0 N–H and O–H groups in total. The molecule has 0 unspecified atom stereocenters. The quantitative estimate of drug-likeness (QED) is 0.628. The van der Waals surface area contributed by atoms with Crippen molar-refractivity contribution in [2.75, 3.05) is 7.11 Å². The van der Waals surface area contributed by atoms with Crippen LogP contribution in [0.4, 0.5) is 0 Å². The van der Waals surface area contributed by atoms with Gasteiger partial charge in [0.1, 0.15) is 16.4 Å². The average Bonchev–Trinajstić information content (AvgIpc) is 2.81. The van der Waals surface area contributed by atoms with Crippen molar-refractivity contribution in [3.8, 4) is 11.5 Å². The molecule has 0 saturated heterocycles. The first-order valence-corrected chi connectivity index (χ1v) is 6.91. The van der Waals surface area contributed by atoms with Crippen LogP contribution < -0.4 is 9.47 Å². The molecule has 1 heterocycles. The third-order valence-corrected chi connectivity index (χ3v) is 4.17. The second-order valence-electron chi connectivity index (χ2n) is 4.14. The van der Waals surface area contributed by atoms with Crippen LogP contribution in [-0.2, 0) is 6.42 Å². The molecule has 0 aliphatic rings. The van der Waals surface area contributed by atoms with E-state index in [1.54, 1.807) is 31.4 Å². The molecule has 0 fully saturated rings. The van der Waals surface area contributed by atoms with Gasteiger partial charge in [0.25, 0.3) is 0 Å². The van der Waals surface area contributed by atoms with Gasteiger partial charge in [-0.3, -0.25) is 0 Å². The van der Waals surface area contributed by atoms with Crippen molar-refractivity contribution >= 4 is 17.3 Å². The summed E-state index contributed by atoms with van der Waals surface area (Å²) in [5.74, 6) is 0.952. The van der Waals surface area contributed by atoms with Crippen LogP contribution in [0, 0.1) is 6.92 Å². The summed E-state index contributed by atoms with van der Waals surface area (Å²) < 4.78 is 10.4. The first kappa shape index (κ1) is 13.6. The second-order valence-corrected chi connectivity index (χ2v) is 5.27. The van der Waals surface area contributed by atoms with E-state index in [1.807, 2.05) is 13.0 Å². The predicted octanol–water partition coefficient (Wildman–Crippen LogP) is 3.85. The maximum atomic E-state index is 12.0. The number of hydrogen-bond donors (Lipinski definition) is 0. The van der Waals surface area contributed by atoms with Gasteiger partial charge in [0.15, 0.2) is 0 Å². The minimum Gasteiger partial charge on any atom is -0.497 e. The van der Waals surface area contributed by atoms with Gasteiger partial charge < -0.3 is 9.47 Å². The first-order chi connectivity index (χ1) is 9.13. The molecule has 100 valence electrons. The lowest BCUT2D eigenvalue weighted by molar-refractivity contribution is 0.0739. The Bertz CT molecular complexity index is 570. The summed E-state index contributed by atoms with van der Waals surface area (Å²) in [5.41, 5.74) is 1.15. The van der Waals surface area contributed by atoms with Gasteiger partial charge in [-0.25, -0.2) is 4.79 Å². The van der Waals surface area contributed by atoms with Crippen LogP contribution in [0.5, 0.6) is 11.5 Å². The Morgan fingerprint density at radius 1 is 1.21 bits per heavy atom. The van der Waals surface area contributed by atoms with Crippen molar-refractivity contribution in [2.45, 2.75) is 20.3 Å². The van der Waals surface area contributed by atoms with Crippen molar-refractivity contribution in [1.82, 2.24) is 0 Å². The van der Waals surface area contributed by atoms with E-state index in [0.29, 0.717) is 10.6 Å². The molecule has 0 radical (unpaired) electrons. The molecule has 0 aliphatic carbocycles. The molecule has 0 spiro atoms. The van der Waals surface area contributed by atoms with Gasteiger partial charge >= 0.3 is 5.97 Å². The monoisotopic (exact) mass is 276 g/mol. The lowest BCUT2D eigenvalue weighted by Gasteiger charge is -2.03. The van der Waals surface area contributed by atoms with Gasteiger partial charge in [-0.2, -0.15) is 0 Å². The van der Waals surface area contributed by atoms with E-state index in [4.69, 9.17) is 9.47 Å². The van der Waals surface area contributed by atoms with Gasteiger partial charge in [-0.15, -0.1) is 11.3 Å². The number of ether oxygens (including phenoxy) is 2. The first-order valence-electron chi connectivity index (χ1n) is 6.09. The normalized spacial score (nSPS) is 10.3. The molecule has 3 nitrogen and oxygen atoms in total. The standard InChI is InChI=1S/C15H16O3S/c1-4-13-10(2)9-14(19-13)15(16)18-12-7-5-11(17-3)6-8-12/h5-9H,4H2,1-3H3. The molecular weight excluding hydrogens is 260 g/mol. The predicted molar refractivity (Wildman–Crippen MR) is 76.4 cm³/mol. The van der Waals surface area contributed by atoms with Crippen LogP contribution >= 0.6 is 11.3 Å². The molecule has 0 aliphatic heterocycles. The number of hydrogen-bond acceptors (Lipinski definition) is 4. The van der Waals surface area contributed by atoms with Gasteiger partial charge in [-0.05, 0) is 49.2 Å². The minimum atomic E-state index is -0.307. The molecule has 0 amide bonds. The zero-order chi connectivity index (χ0) is 13.8. The molecule has 2 aromatic rings. The number of carbonyl (C=O) groups excluding carboxylic acids is 1. The number of methoxy groups -OCH3 is 1. The van der Waals surface area contributed by atoms with Gasteiger partial charge in [0, 0.05) is 4.88 Å². The van der Waals surface area contributed by atoms with Crippen LogP contribution in [0.1, 0.15) is 27.0 Å². The summed E-state index contributed by atoms with van der Waals surface area (Å²) in [7, 11) is 1.60. The third kappa shape index (κ3) is 3.15. The zero-order valence-corrected chi connectivity index (χ0v) is 12.0. The number of benzene rings is 1. The number of esters is 1. The van der Waals surface area contributed by atoms with Crippen molar-refractivity contribution in [3.63, 3.8) is 0 Å². The van der Waals surface area contributed by atoms with Crippen LogP contribution in [0.2, 0.25) is 0 Å². The number of aryl methyl sites for hydroxylation is 2. The number of thiophene rings is 1. The van der Waals surface area contributed by atoms with Crippen LogP contribution in [0.15, 0.2) is 30.3 Å². The Labute approximate surface area is 116 Å². The highest BCUT2D eigenvalue weighted by Gasteiger charge is 2.13. The Hall–Kier alpha value is -1.81. The molecule has 2 rings (SSSR count). The summed E-state index contributed by atoms with van der Waals surface area (Å²) in [6.07, 6.45) is 0.937. The lowest BCUT2D eigenvalue weighted by Crippen LogP contribution is -2.06. The van der Waals surface area contributed by atoms with E-state index < -0.39 is 0 Å². The van der Waals surface area contributed by atoms with Gasteiger partial charge in [-0.1, -0.05) is 6.92 Å². The van der Waals surface area contributed by atoms with Crippen molar-refractivity contribution in [1.29, 1.82) is 0 Å². The summed E-state index contributed by atoms with van der Waals surface area (Å²) >= 11 is 1.50. The highest BCUT2D eigenvalue weighted by atomic mass is 32.1. The fourth-order valence-corrected chi connectivity index (χ4v) is 2.76. The summed E-state index contributed by atoms with van der Waals surface area (Å²) in [6, 6.07) is 8.85. The van der Waals surface area contributed by atoms with E-state index in [9.17, 15) is 4.79 Å². The Balaban J connectivity index is 2.11. The summed E-state index contributed by atoms with van der Waals surface area (Å²) in [6.45, 7) is 4.09. The lowest BCUT2D eigenvalue weighted by atomic mass is 10.2. The number of carbonyl (C=O) groups is 1. The molecule has 0 saturated carbocycles. The zero-order valence-electron chi connectivity index (χ0n) is 11.2. The van der Waals surface area contributed by atoms with Crippen molar-refractivity contribution in [2.24, 2.45) is 0 Å². The van der Waals surface area contributed by atoms with Crippen LogP contribution in [-0.4, -0.2) is 13.1 Å². The van der Waals surface area contributed by atoms with Crippen LogP contribution in [0.25, 0.3) is 0 Å². The fraction of sp³-hybridized carbons (Fsp3) is 0.267. The molecule has 0 bridgehead atoms. The topological polar surface area (TPSA) is 35.5 Å². The Kier molecular flexibility index (Phi) is 4.22. The molecule has 4 heteroatoms. The molecule has 19 heavy (non-hydrogen) atoms. The average molecular weight is 276 g/mol. The maximum absolute atomic E-state index is 12.0. The maximum Gasteiger partial charge on any atom is 0.353 e. The van der Waals surface area contributed by atoms with E-state index in [2.05, 4.69) is 6.92 Å². The molecule has 1 aromatic heterocycles.